The van der Waals surface area contributed by atoms with Gasteiger partial charge in [-0.3, -0.25) is 4.79 Å². The van der Waals surface area contributed by atoms with Crippen molar-refractivity contribution in [2.75, 3.05) is 5.32 Å². The highest BCUT2D eigenvalue weighted by Crippen LogP contribution is 2.30. The number of H-pyrrole nitrogens is 1. The lowest BCUT2D eigenvalue weighted by Crippen LogP contribution is -2.22. The molecule has 2 aromatic carbocycles. The Morgan fingerprint density at radius 2 is 1.96 bits per heavy atom. The first-order valence-electron chi connectivity index (χ1n) is 9.10. The molecular formula is C21H20N4O2S. The number of aromatic nitrogens is 3. The van der Waals surface area contributed by atoms with Crippen molar-refractivity contribution in [1.82, 2.24) is 15.2 Å². The number of carbonyl (C=O) groups excluding carboxylic acids is 1. The normalized spacial score (nSPS) is 12.2. The first-order valence-corrected chi connectivity index (χ1v) is 9.98. The Bertz CT molecular complexity index is 1100. The van der Waals surface area contributed by atoms with E-state index in [1.807, 2.05) is 61.7 Å². The van der Waals surface area contributed by atoms with Crippen molar-refractivity contribution in [3.8, 4) is 11.5 Å². The van der Waals surface area contributed by atoms with Crippen molar-refractivity contribution in [1.29, 1.82) is 0 Å². The fourth-order valence-electron chi connectivity index (χ4n) is 2.89. The molecule has 28 heavy (non-hydrogen) atoms. The first-order chi connectivity index (χ1) is 13.6. The van der Waals surface area contributed by atoms with Crippen LogP contribution in [0.25, 0.3) is 22.4 Å². The molecule has 2 heterocycles. The van der Waals surface area contributed by atoms with Gasteiger partial charge in [0, 0.05) is 22.8 Å². The predicted octanol–water partition coefficient (Wildman–Crippen LogP) is 4.90. The molecule has 4 aromatic rings. The lowest BCUT2D eigenvalue weighted by Gasteiger charge is -2.10. The number of thioether (sulfide) groups is 1. The highest BCUT2D eigenvalue weighted by Gasteiger charge is 2.20. The SMILES string of the molecule is CCc1ccc(NC(=O)[C@H](C)Sc2nnc(-c3c[nH]c4ccccc34)o2)cc1. The summed E-state index contributed by atoms with van der Waals surface area (Å²) in [4.78, 5) is 15.6. The van der Waals surface area contributed by atoms with Gasteiger partial charge in [-0.1, -0.05) is 49.0 Å². The molecule has 0 spiro atoms. The van der Waals surface area contributed by atoms with Gasteiger partial charge in [0.25, 0.3) is 11.1 Å². The molecule has 0 radical (unpaired) electrons. The predicted molar refractivity (Wildman–Crippen MR) is 111 cm³/mol. The molecule has 0 aliphatic heterocycles. The van der Waals surface area contributed by atoms with Crippen molar-refractivity contribution < 1.29 is 9.21 Å². The summed E-state index contributed by atoms with van der Waals surface area (Å²) in [6, 6.07) is 15.8. The Kier molecular flexibility index (Phi) is 5.16. The lowest BCUT2D eigenvalue weighted by molar-refractivity contribution is -0.115. The third-order valence-electron chi connectivity index (χ3n) is 4.50. The molecule has 1 amide bonds. The van der Waals surface area contributed by atoms with E-state index >= 15 is 0 Å². The van der Waals surface area contributed by atoms with Crippen molar-refractivity contribution in [2.45, 2.75) is 30.7 Å². The second-order valence-corrected chi connectivity index (χ2v) is 7.71. The second kappa shape index (κ2) is 7.90. The number of benzene rings is 2. The number of amides is 1. The maximum atomic E-state index is 12.5. The smallest absolute Gasteiger partial charge is 0.277 e. The number of carbonyl (C=O) groups is 1. The number of aromatic amines is 1. The first kappa shape index (κ1) is 18.3. The molecule has 0 fully saturated rings. The third kappa shape index (κ3) is 3.80. The van der Waals surface area contributed by atoms with Crippen molar-refractivity contribution in [3.63, 3.8) is 0 Å². The summed E-state index contributed by atoms with van der Waals surface area (Å²) in [6.45, 7) is 3.91. The fraction of sp³-hybridized carbons (Fsp3) is 0.190. The zero-order valence-corrected chi connectivity index (χ0v) is 16.4. The van der Waals surface area contributed by atoms with Gasteiger partial charge in [-0.25, -0.2) is 0 Å². The molecule has 2 aromatic heterocycles. The topological polar surface area (TPSA) is 83.8 Å². The minimum atomic E-state index is -0.373. The maximum absolute atomic E-state index is 12.5. The number of nitrogens with zero attached hydrogens (tertiary/aromatic N) is 2. The van der Waals surface area contributed by atoms with Gasteiger partial charge in [0.1, 0.15) is 0 Å². The van der Waals surface area contributed by atoms with E-state index in [-0.39, 0.29) is 11.2 Å². The van der Waals surface area contributed by atoms with E-state index < -0.39 is 0 Å². The molecule has 7 heteroatoms. The van der Waals surface area contributed by atoms with Crippen molar-refractivity contribution in [2.24, 2.45) is 0 Å². The van der Waals surface area contributed by atoms with E-state index in [1.54, 1.807) is 0 Å². The van der Waals surface area contributed by atoms with Crippen LogP contribution in [0.5, 0.6) is 0 Å². The molecule has 0 saturated carbocycles. The standard InChI is InChI=1S/C21H20N4O2S/c1-3-14-8-10-15(11-9-14)23-19(26)13(2)28-21-25-24-20(27-21)17-12-22-18-7-5-4-6-16(17)18/h4-13,22H,3H2,1-2H3,(H,23,26)/t13-/m0/s1. The second-order valence-electron chi connectivity index (χ2n) is 6.42. The lowest BCUT2D eigenvalue weighted by atomic mass is 10.1. The number of para-hydroxylation sites is 1. The van der Waals surface area contributed by atoms with Crippen LogP contribution >= 0.6 is 11.8 Å². The van der Waals surface area contributed by atoms with E-state index in [1.165, 1.54) is 17.3 Å². The summed E-state index contributed by atoms with van der Waals surface area (Å²) in [5.74, 6) is 0.323. The van der Waals surface area contributed by atoms with Crippen LogP contribution in [0.4, 0.5) is 5.69 Å². The van der Waals surface area contributed by atoms with E-state index in [4.69, 9.17) is 4.42 Å². The summed E-state index contributed by atoms with van der Waals surface area (Å²) >= 11 is 1.24. The Labute approximate surface area is 166 Å². The van der Waals surface area contributed by atoms with Crippen molar-refractivity contribution >= 4 is 34.3 Å². The summed E-state index contributed by atoms with van der Waals surface area (Å²) in [5.41, 5.74) is 3.87. The van der Waals surface area contributed by atoms with Gasteiger partial charge < -0.3 is 14.7 Å². The molecule has 0 bridgehead atoms. The number of fused-ring (bicyclic) bond motifs is 1. The molecule has 0 aliphatic rings. The van der Waals surface area contributed by atoms with Crippen LogP contribution in [-0.4, -0.2) is 26.3 Å². The van der Waals surface area contributed by atoms with Crippen molar-refractivity contribution in [3.05, 3.63) is 60.3 Å². The summed E-state index contributed by atoms with van der Waals surface area (Å²) in [7, 11) is 0. The molecule has 2 N–H and O–H groups in total. The molecule has 0 aliphatic carbocycles. The monoisotopic (exact) mass is 392 g/mol. The number of anilines is 1. The Morgan fingerprint density at radius 3 is 2.75 bits per heavy atom. The third-order valence-corrected chi connectivity index (χ3v) is 5.44. The number of aryl methyl sites for hydroxylation is 1. The van der Waals surface area contributed by atoms with Gasteiger partial charge in [-0.2, -0.15) is 0 Å². The maximum Gasteiger partial charge on any atom is 0.277 e. The number of hydrogen-bond acceptors (Lipinski definition) is 5. The van der Waals surface area contributed by atoms with Crippen LogP contribution in [0.2, 0.25) is 0 Å². The van der Waals surface area contributed by atoms with Gasteiger partial charge in [0.05, 0.1) is 10.8 Å². The Hall–Kier alpha value is -3.06. The average molecular weight is 392 g/mol. The van der Waals surface area contributed by atoms with Gasteiger partial charge in [-0.15, -0.1) is 10.2 Å². The highest BCUT2D eigenvalue weighted by atomic mass is 32.2. The number of rotatable bonds is 6. The zero-order valence-electron chi connectivity index (χ0n) is 15.6. The Morgan fingerprint density at radius 1 is 1.18 bits per heavy atom. The summed E-state index contributed by atoms with van der Waals surface area (Å²) in [5, 5.41) is 12.1. The summed E-state index contributed by atoms with van der Waals surface area (Å²) < 4.78 is 5.78. The minimum Gasteiger partial charge on any atom is -0.411 e. The molecular weight excluding hydrogens is 372 g/mol. The highest BCUT2D eigenvalue weighted by molar-refractivity contribution is 8.00. The zero-order chi connectivity index (χ0) is 19.5. The summed E-state index contributed by atoms with van der Waals surface area (Å²) in [6.07, 6.45) is 2.82. The van der Waals surface area contributed by atoms with Crippen LogP contribution in [0.1, 0.15) is 19.4 Å². The molecule has 142 valence electrons. The van der Waals surface area contributed by atoms with Crippen LogP contribution < -0.4 is 5.32 Å². The van der Waals surface area contributed by atoms with Crippen LogP contribution in [0.15, 0.2) is 64.4 Å². The van der Waals surface area contributed by atoms with E-state index in [0.717, 1.165) is 28.6 Å². The fourth-order valence-corrected chi connectivity index (χ4v) is 3.57. The molecule has 4 rings (SSSR count). The number of nitrogens with one attached hydrogen (secondary N) is 2. The van der Waals surface area contributed by atoms with Crippen LogP contribution in [-0.2, 0) is 11.2 Å². The number of hydrogen-bond donors (Lipinski definition) is 2. The van der Waals surface area contributed by atoms with Gasteiger partial charge in [0.2, 0.25) is 5.91 Å². The van der Waals surface area contributed by atoms with E-state index in [9.17, 15) is 4.79 Å². The van der Waals surface area contributed by atoms with Gasteiger partial charge in [-0.05, 0) is 37.1 Å². The van der Waals surface area contributed by atoms with Crippen LogP contribution in [0, 0.1) is 0 Å². The van der Waals surface area contributed by atoms with E-state index in [2.05, 4.69) is 27.4 Å². The Balaban J connectivity index is 1.43. The largest absolute Gasteiger partial charge is 0.411 e. The van der Waals surface area contributed by atoms with Gasteiger partial charge in [0.15, 0.2) is 0 Å². The molecule has 0 unspecified atom stereocenters. The molecule has 1 atom stereocenters. The van der Waals surface area contributed by atoms with E-state index in [0.29, 0.717) is 11.1 Å². The quantitative estimate of drug-likeness (QED) is 0.456. The average Bonchev–Trinajstić information content (AvgIpc) is 3.35. The minimum absolute atomic E-state index is 0.110. The molecule has 6 nitrogen and oxygen atoms in total. The van der Waals surface area contributed by atoms with Crippen LogP contribution in [0.3, 0.4) is 0 Å². The molecule has 0 saturated heterocycles. The van der Waals surface area contributed by atoms with Gasteiger partial charge >= 0.3 is 0 Å².